The van der Waals surface area contributed by atoms with Crippen LogP contribution in [-0.4, -0.2) is 96.4 Å². The van der Waals surface area contributed by atoms with E-state index in [1.54, 1.807) is 4.90 Å². The minimum atomic E-state index is -0.547. The van der Waals surface area contributed by atoms with Crippen molar-refractivity contribution in [2.75, 3.05) is 32.7 Å². The molecule has 13 atom stereocenters. The second-order valence-electron chi connectivity index (χ2n) is 19.6. The minimum absolute atomic E-state index is 0.0154. The second kappa shape index (κ2) is 11.5. The third kappa shape index (κ3) is 4.65. The number of aliphatic hydroxyl groups excluding tert-OH is 1. The number of carbonyl (C=O) groups excluding carboxylic acids is 2. The Hall–Kier alpha value is -1.58. The lowest BCUT2D eigenvalue weighted by Crippen LogP contribution is -2.61. The van der Waals surface area contributed by atoms with Gasteiger partial charge >= 0.3 is 12.2 Å². The van der Waals surface area contributed by atoms with Gasteiger partial charge in [-0.15, -0.1) is 0 Å². The van der Waals surface area contributed by atoms with Crippen LogP contribution in [-0.2, 0) is 14.2 Å². The van der Waals surface area contributed by atoms with E-state index >= 15 is 0 Å². The molecule has 3 heterocycles. The summed E-state index contributed by atoms with van der Waals surface area (Å²) >= 11 is 0. The van der Waals surface area contributed by atoms with Crippen LogP contribution in [0, 0.1) is 56.7 Å². The largest absolute Gasteiger partial charge is 0.446 e. The lowest BCUT2D eigenvalue weighted by Gasteiger charge is -2.63. The van der Waals surface area contributed by atoms with Crippen molar-refractivity contribution in [3.63, 3.8) is 0 Å². The average molecular weight is 684 g/mol. The number of carbonyl (C=O) groups is 2. The lowest BCUT2D eigenvalue weighted by molar-refractivity contribution is -0.185. The van der Waals surface area contributed by atoms with E-state index in [1.807, 2.05) is 0 Å². The maximum Gasteiger partial charge on any atom is 0.410 e. The number of likely N-dealkylation sites (N-methyl/N-ethyl adjacent to an activating group) is 1. The van der Waals surface area contributed by atoms with Crippen molar-refractivity contribution in [3.8, 4) is 0 Å². The first-order valence-corrected chi connectivity index (χ1v) is 20.1. The average Bonchev–Trinajstić information content (AvgIpc) is 3.62. The van der Waals surface area contributed by atoms with Crippen LogP contribution >= 0.6 is 0 Å². The molecule has 5 saturated carbocycles. The Balaban J connectivity index is 1.00. The highest BCUT2D eigenvalue weighted by atomic mass is 16.6. The zero-order chi connectivity index (χ0) is 34.9. The number of aliphatic hydroxyl groups is 1. The Morgan fingerprint density at radius 1 is 1.00 bits per heavy atom. The lowest BCUT2D eigenvalue weighted by atomic mass is 9.41. The Kier molecular flexibility index (Phi) is 8.07. The molecule has 8 aliphatic rings. The monoisotopic (exact) mass is 683 g/mol. The molecule has 5 aliphatic carbocycles. The van der Waals surface area contributed by atoms with Crippen molar-refractivity contribution in [2.45, 2.75) is 150 Å². The van der Waals surface area contributed by atoms with E-state index in [0.29, 0.717) is 17.8 Å². The van der Waals surface area contributed by atoms with Crippen molar-refractivity contribution in [2.24, 2.45) is 56.7 Å². The van der Waals surface area contributed by atoms with Gasteiger partial charge in [0.1, 0.15) is 12.2 Å². The molecule has 9 heteroatoms. The topological polar surface area (TPSA) is 101 Å². The zero-order valence-electron chi connectivity index (χ0n) is 31.6. The molecule has 0 radical (unpaired) electrons. The van der Waals surface area contributed by atoms with Crippen LogP contribution in [0.15, 0.2) is 0 Å². The van der Waals surface area contributed by atoms with Crippen molar-refractivity contribution in [3.05, 3.63) is 0 Å². The van der Waals surface area contributed by atoms with Crippen LogP contribution < -0.4 is 5.32 Å². The Morgan fingerprint density at radius 3 is 2.35 bits per heavy atom. The number of nitrogens with one attached hydrogen (secondary N) is 1. The summed E-state index contributed by atoms with van der Waals surface area (Å²) in [7, 11) is 0. The van der Waals surface area contributed by atoms with Crippen molar-refractivity contribution in [1.82, 2.24) is 15.1 Å². The maximum atomic E-state index is 13.0. The predicted octanol–water partition coefficient (Wildman–Crippen LogP) is 6.47. The summed E-state index contributed by atoms with van der Waals surface area (Å²) < 4.78 is 19.5. The van der Waals surface area contributed by atoms with Gasteiger partial charge in [0, 0.05) is 37.0 Å². The highest BCUT2D eigenvalue weighted by Crippen LogP contribution is 2.89. The van der Waals surface area contributed by atoms with Gasteiger partial charge in [-0.3, -0.25) is 4.90 Å². The number of amides is 2. The quantitative estimate of drug-likeness (QED) is 0.331. The highest BCUT2D eigenvalue weighted by molar-refractivity contribution is 5.69. The molecule has 0 aromatic heterocycles. The molecule has 4 unspecified atom stereocenters. The van der Waals surface area contributed by atoms with Gasteiger partial charge in [0.25, 0.3) is 0 Å². The van der Waals surface area contributed by atoms with E-state index < -0.39 is 6.10 Å². The number of hydrogen-bond donors (Lipinski definition) is 2. The number of hydrogen-bond acceptors (Lipinski definition) is 7. The molecule has 2 N–H and O–H groups in total. The first-order chi connectivity index (χ1) is 23.1. The fraction of sp³-hybridized carbons (Fsp3) is 0.950. The standard InChI is InChI=1S/C40H65N3O6/c1-9-42-20-25(21-42)41-34(45)48-29-13-14-39-22-40(39)16-15-37(7)30-24(4)19-26(31(23(2)3)49-35(46)43-17-10-18-43)47-32(30)33(44)38(37,8)28(40)12-11-27(39)36(29,5)6/h23-33,44H,9-22H2,1-8H3,(H,41,45)/t24-,26?,27+,28?,29?,30+,31-,32?,33+,37-,38-,39-,40+/m1/s1. The first kappa shape index (κ1) is 34.5. The van der Waals surface area contributed by atoms with Crippen LogP contribution in [0.3, 0.4) is 0 Å². The molecule has 0 aromatic rings. The summed E-state index contributed by atoms with van der Waals surface area (Å²) in [5.74, 6) is 1.76. The van der Waals surface area contributed by atoms with Gasteiger partial charge in [0.2, 0.25) is 0 Å². The molecule has 2 amide bonds. The molecular weight excluding hydrogens is 618 g/mol. The molecule has 9 nitrogen and oxygen atoms in total. The summed E-state index contributed by atoms with van der Waals surface area (Å²) in [6.07, 6.45) is 7.95. The van der Waals surface area contributed by atoms with Gasteiger partial charge in [0.05, 0.1) is 24.4 Å². The molecule has 276 valence electrons. The summed E-state index contributed by atoms with van der Waals surface area (Å²) in [5.41, 5.74) is 0.165. The van der Waals surface area contributed by atoms with E-state index in [2.05, 4.69) is 65.6 Å². The smallest absolute Gasteiger partial charge is 0.410 e. The van der Waals surface area contributed by atoms with Crippen LogP contribution in [0.4, 0.5) is 9.59 Å². The number of ether oxygens (including phenoxy) is 3. The second-order valence-corrected chi connectivity index (χ2v) is 19.6. The number of nitrogens with zero attached hydrogens (tertiary/aromatic N) is 2. The number of rotatable bonds is 6. The van der Waals surface area contributed by atoms with E-state index in [0.717, 1.165) is 77.7 Å². The van der Waals surface area contributed by atoms with Crippen molar-refractivity contribution < 1.29 is 28.9 Å². The molecule has 8 fully saturated rings. The molecular formula is C40H65N3O6. The third-order valence-corrected chi connectivity index (χ3v) is 17.1. The van der Waals surface area contributed by atoms with E-state index in [-0.39, 0.29) is 81.6 Å². The van der Waals surface area contributed by atoms with E-state index in [1.165, 1.54) is 12.8 Å². The minimum Gasteiger partial charge on any atom is -0.446 e. The van der Waals surface area contributed by atoms with Crippen LogP contribution in [0.2, 0.25) is 0 Å². The number of alkyl carbamates (subject to hydrolysis) is 1. The molecule has 0 aromatic carbocycles. The Bertz CT molecular complexity index is 1330. The predicted molar refractivity (Wildman–Crippen MR) is 187 cm³/mol. The highest BCUT2D eigenvalue weighted by Gasteiger charge is 2.84. The summed E-state index contributed by atoms with van der Waals surface area (Å²) in [6.45, 7) is 22.8. The van der Waals surface area contributed by atoms with Crippen LogP contribution in [0.1, 0.15) is 113 Å². The van der Waals surface area contributed by atoms with Gasteiger partial charge in [-0.2, -0.15) is 0 Å². The Labute approximate surface area is 294 Å². The van der Waals surface area contributed by atoms with Gasteiger partial charge in [-0.1, -0.05) is 55.4 Å². The normalized spacial score (nSPS) is 48.8. The molecule has 3 saturated heterocycles. The summed E-state index contributed by atoms with van der Waals surface area (Å²) in [6, 6.07) is 0.199. The summed E-state index contributed by atoms with van der Waals surface area (Å²) in [4.78, 5) is 30.1. The molecule has 3 aliphatic heterocycles. The van der Waals surface area contributed by atoms with Crippen molar-refractivity contribution in [1.29, 1.82) is 0 Å². The SMILES string of the molecule is CCN1CC(NC(=O)OC2CC[C@]34C[C@]35CC[C@]3(C)[C@@H]6C(OC([C@H](OC(=O)N7CCC7)C(C)C)C[C@H]6C)[C@H](O)[C@@]3(C)C5CC[C@H]4C2(C)C)C1. The number of fused-ring (bicyclic) bond motifs is 4. The van der Waals surface area contributed by atoms with E-state index in [9.17, 15) is 14.7 Å². The molecule has 49 heavy (non-hydrogen) atoms. The van der Waals surface area contributed by atoms with E-state index in [4.69, 9.17) is 14.2 Å². The zero-order valence-corrected chi connectivity index (χ0v) is 31.6. The fourth-order valence-electron chi connectivity index (χ4n) is 14.3. The van der Waals surface area contributed by atoms with Crippen LogP contribution in [0.5, 0.6) is 0 Å². The van der Waals surface area contributed by atoms with Crippen LogP contribution in [0.25, 0.3) is 0 Å². The fourth-order valence-corrected chi connectivity index (χ4v) is 14.3. The third-order valence-electron chi connectivity index (χ3n) is 17.1. The van der Waals surface area contributed by atoms with Gasteiger partial charge in [0.15, 0.2) is 0 Å². The van der Waals surface area contributed by atoms with Gasteiger partial charge < -0.3 is 29.5 Å². The molecule has 0 bridgehead atoms. The molecule has 8 rings (SSSR count). The Morgan fingerprint density at radius 2 is 1.69 bits per heavy atom. The maximum absolute atomic E-state index is 13.0. The van der Waals surface area contributed by atoms with Gasteiger partial charge in [-0.05, 0) is 110 Å². The first-order valence-electron chi connectivity index (χ1n) is 20.1. The van der Waals surface area contributed by atoms with Gasteiger partial charge in [-0.25, -0.2) is 9.59 Å². The summed E-state index contributed by atoms with van der Waals surface area (Å²) in [5, 5.41) is 15.8. The number of likely N-dealkylation sites (tertiary alicyclic amines) is 2. The van der Waals surface area contributed by atoms with Crippen molar-refractivity contribution >= 4 is 12.2 Å². The molecule has 2 spiro atoms.